The Morgan fingerprint density at radius 3 is 1.85 bits per heavy atom. The van der Waals surface area contributed by atoms with E-state index >= 15 is 0 Å². The SMILES string of the molecule is CN(C)CC1=C(c2ccccc2C(OO)(c2ccccc2)c2ccccc2)CC=C1.Cl.Cl.[Ti]. The van der Waals surface area contributed by atoms with Gasteiger partial charge in [-0.3, -0.25) is 5.26 Å². The van der Waals surface area contributed by atoms with Gasteiger partial charge in [0.05, 0.1) is 0 Å². The molecule has 3 nitrogen and oxygen atoms in total. The minimum Gasteiger partial charge on any atom is -0.305 e. The Morgan fingerprint density at radius 1 is 0.818 bits per heavy atom. The van der Waals surface area contributed by atoms with Crippen molar-refractivity contribution in [3.8, 4) is 0 Å². The van der Waals surface area contributed by atoms with Gasteiger partial charge in [-0.2, -0.15) is 0 Å². The van der Waals surface area contributed by atoms with Crippen LogP contribution < -0.4 is 0 Å². The number of hydrogen-bond acceptors (Lipinski definition) is 3. The predicted molar refractivity (Wildman–Crippen MR) is 137 cm³/mol. The Kier molecular flexibility index (Phi) is 11.8. The molecule has 33 heavy (non-hydrogen) atoms. The van der Waals surface area contributed by atoms with Crippen molar-refractivity contribution in [3.63, 3.8) is 0 Å². The summed E-state index contributed by atoms with van der Waals surface area (Å²) in [6, 6.07) is 28.1. The molecule has 0 atom stereocenters. The van der Waals surface area contributed by atoms with Crippen molar-refractivity contribution in [2.45, 2.75) is 12.0 Å². The van der Waals surface area contributed by atoms with E-state index in [9.17, 15) is 5.26 Å². The first kappa shape index (κ1) is 29.3. The molecular weight excluding hydrogens is 489 g/mol. The maximum absolute atomic E-state index is 10.5. The summed E-state index contributed by atoms with van der Waals surface area (Å²) < 4.78 is 0. The molecular formula is C27H29Cl2NO2Ti. The summed E-state index contributed by atoms with van der Waals surface area (Å²) in [7, 11) is 4.16. The van der Waals surface area contributed by atoms with Crippen LogP contribution in [0.2, 0.25) is 0 Å². The Balaban J connectivity index is 0.00000181. The van der Waals surface area contributed by atoms with E-state index in [0.29, 0.717) is 0 Å². The molecule has 6 heteroatoms. The van der Waals surface area contributed by atoms with Crippen molar-refractivity contribution in [3.05, 3.63) is 125 Å². The summed E-state index contributed by atoms with van der Waals surface area (Å²) in [4.78, 5) is 7.64. The largest absolute Gasteiger partial charge is 0.305 e. The van der Waals surface area contributed by atoms with Gasteiger partial charge in [0.15, 0.2) is 5.60 Å². The molecule has 0 saturated heterocycles. The van der Waals surface area contributed by atoms with Crippen molar-refractivity contribution in [2.75, 3.05) is 20.6 Å². The molecule has 1 N–H and O–H groups in total. The maximum atomic E-state index is 10.5. The fourth-order valence-corrected chi connectivity index (χ4v) is 4.35. The van der Waals surface area contributed by atoms with Gasteiger partial charge in [0.2, 0.25) is 0 Å². The van der Waals surface area contributed by atoms with E-state index in [1.165, 1.54) is 11.1 Å². The van der Waals surface area contributed by atoms with Gasteiger partial charge in [-0.1, -0.05) is 97.1 Å². The molecule has 1 aliphatic rings. The van der Waals surface area contributed by atoms with E-state index in [2.05, 4.69) is 49.3 Å². The second-order valence-corrected chi connectivity index (χ2v) is 7.90. The zero-order chi connectivity index (χ0) is 21.0. The molecule has 1 aliphatic carbocycles. The fraction of sp³-hybridized carbons (Fsp3) is 0.185. The molecule has 172 valence electrons. The summed E-state index contributed by atoms with van der Waals surface area (Å²) in [5.74, 6) is 0. The van der Waals surface area contributed by atoms with Crippen molar-refractivity contribution in [2.24, 2.45) is 0 Å². The number of hydrogen-bond donors (Lipinski definition) is 1. The first-order chi connectivity index (χ1) is 14.7. The van der Waals surface area contributed by atoms with E-state index < -0.39 is 5.60 Å². The molecule has 3 aromatic rings. The normalized spacial score (nSPS) is 12.7. The summed E-state index contributed by atoms with van der Waals surface area (Å²) in [6.45, 7) is 0.865. The third-order valence-electron chi connectivity index (χ3n) is 5.64. The van der Waals surface area contributed by atoms with Crippen LogP contribution in [0.5, 0.6) is 0 Å². The minimum atomic E-state index is -1.13. The molecule has 0 aliphatic heterocycles. The van der Waals surface area contributed by atoms with Crippen molar-refractivity contribution in [1.29, 1.82) is 0 Å². The number of nitrogens with zero attached hydrogens (tertiary/aromatic N) is 1. The Hall–Kier alpha value is -1.69. The van der Waals surface area contributed by atoms with Crippen LogP contribution in [0, 0.1) is 0 Å². The first-order valence-electron chi connectivity index (χ1n) is 10.2. The summed E-state index contributed by atoms with van der Waals surface area (Å²) >= 11 is 0. The average Bonchev–Trinajstić information content (AvgIpc) is 3.24. The molecule has 3 aromatic carbocycles. The monoisotopic (exact) mass is 517 g/mol. The quantitative estimate of drug-likeness (QED) is 0.166. The molecule has 0 unspecified atom stereocenters. The van der Waals surface area contributed by atoms with Crippen molar-refractivity contribution in [1.82, 2.24) is 4.90 Å². The third-order valence-corrected chi connectivity index (χ3v) is 5.64. The molecule has 0 bridgehead atoms. The number of benzene rings is 3. The van der Waals surface area contributed by atoms with Gasteiger partial charge in [-0.05, 0) is 48.4 Å². The first-order valence-corrected chi connectivity index (χ1v) is 10.2. The van der Waals surface area contributed by atoms with Crippen molar-refractivity contribution < 1.29 is 31.9 Å². The predicted octanol–water partition coefficient (Wildman–Crippen LogP) is 6.58. The average molecular weight is 518 g/mol. The molecule has 0 aromatic heterocycles. The van der Waals surface area contributed by atoms with Gasteiger partial charge in [0.1, 0.15) is 0 Å². The Bertz CT molecular complexity index is 1030. The van der Waals surface area contributed by atoms with Crippen LogP contribution in [0.25, 0.3) is 5.57 Å². The van der Waals surface area contributed by atoms with Crippen LogP contribution in [0.15, 0.2) is 103 Å². The summed E-state index contributed by atoms with van der Waals surface area (Å²) in [6.07, 6.45) is 5.28. The molecule has 0 radical (unpaired) electrons. The van der Waals surface area contributed by atoms with Gasteiger partial charge in [-0.25, -0.2) is 4.89 Å². The van der Waals surface area contributed by atoms with E-state index in [-0.39, 0.29) is 46.5 Å². The van der Waals surface area contributed by atoms with Gasteiger partial charge in [0.25, 0.3) is 0 Å². The van der Waals surface area contributed by atoms with Crippen molar-refractivity contribution >= 4 is 30.4 Å². The zero-order valence-corrected chi connectivity index (χ0v) is 22.0. The van der Waals surface area contributed by atoms with E-state index in [4.69, 9.17) is 4.89 Å². The minimum absolute atomic E-state index is 0. The van der Waals surface area contributed by atoms with Crippen LogP contribution in [-0.4, -0.2) is 30.8 Å². The van der Waals surface area contributed by atoms with E-state index in [0.717, 1.165) is 35.2 Å². The van der Waals surface area contributed by atoms with Crippen LogP contribution in [0.3, 0.4) is 0 Å². The summed E-state index contributed by atoms with van der Waals surface area (Å²) in [5, 5.41) is 10.5. The molecule has 0 spiro atoms. The van der Waals surface area contributed by atoms with Crippen LogP contribution in [0.1, 0.15) is 28.7 Å². The number of allylic oxidation sites excluding steroid dienone is 2. The van der Waals surface area contributed by atoms with E-state index in [1.54, 1.807) is 0 Å². The molecule has 0 heterocycles. The molecule has 0 fully saturated rings. The number of likely N-dealkylation sites (N-methyl/N-ethyl adjacent to an activating group) is 1. The van der Waals surface area contributed by atoms with Gasteiger partial charge in [0, 0.05) is 33.8 Å². The van der Waals surface area contributed by atoms with Gasteiger partial charge < -0.3 is 4.90 Å². The van der Waals surface area contributed by atoms with Gasteiger partial charge in [-0.15, -0.1) is 24.8 Å². The van der Waals surface area contributed by atoms with E-state index in [1.807, 2.05) is 66.7 Å². The third kappa shape index (κ3) is 5.88. The smallest absolute Gasteiger partial charge is 0.179 e. The second-order valence-electron chi connectivity index (χ2n) is 7.90. The number of rotatable bonds is 7. The maximum Gasteiger partial charge on any atom is 0.179 e. The Labute approximate surface area is 223 Å². The number of halogens is 2. The molecule has 0 amide bonds. The van der Waals surface area contributed by atoms with Crippen LogP contribution in [-0.2, 0) is 32.2 Å². The zero-order valence-electron chi connectivity index (χ0n) is 18.8. The second kappa shape index (κ2) is 13.3. The van der Waals surface area contributed by atoms with Crippen LogP contribution in [0.4, 0.5) is 0 Å². The summed E-state index contributed by atoms with van der Waals surface area (Å²) in [5.41, 5.74) is 5.23. The van der Waals surface area contributed by atoms with Crippen LogP contribution >= 0.6 is 24.8 Å². The molecule has 0 saturated carbocycles. The Morgan fingerprint density at radius 2 is 1.33 bits per heavy atom. The van der Waals surface area contributed by atoms with Gasteiger partial charge >= 0.3 is 0 Å². The molecule has 4 rings (SSSR count). The topological polar surface area (TPSA) is 32.7 Å². The standard InChI is InChI=1S/C27H27NO2.2ClH.Ti/c1-28(2)20-21-12-11-18-24(21)25-17-9-10-19-26(25)27(30-29,22-13-5-3-6-14-22)23-15-7-4-8-16-23;;;/h3-17,19,29H,18,20H2,1-2H3;2*1H;. The fourth-order valence-electron chi connectivity index (χ4n) is 4.35.